The Bertz CT molecular complexity index is 2200. The Labute approximate surface area is 206 Å². The van der Waals surface area contributed by atoms with Crippen LogP contribution in [0.25, 0.3) is 82.5 Å². The molecule has 0 saturated carbocycles. The van der Waals surface area contributed by atoms with Crippen molar-refractivity contribution in [2.24, 2.45) is 0 Å². The van der Waals surface area contributed by atoms with E-state index in [9.17, 15) is 0 Å². The third-order valence-corrected chi connectivity index (χ3v) is 7.92. The van der Waals surface area contributed by atoms with Gasteiger partial charge in [-0.3, -0.25) is 0 Å². The number of nitrogens with zero attached hydrogens (tertiary/aromatic N) is 1. The van der Waals surface area contributed by atoms with E-state index in [0.29, 0.717) is 0 Å². The number of hydrogen-bond donors (Lipinski definition) is 0. The Hall–Kier alpha value is -4.82. The summed E-state index contributed by atoms with van der Waals surface area (Å²) in [6.07, 6.45) is 0. The highest BCUT2D eigenvalue weighted by Crippen LogP contribution is 2.52. The largest absolute Gasteiger partial charge is 0.456 e. The molecule has 0 N–H and O–H groups in total. The second-order valence-corrected chi connectivity index (χ2v) is 9.72. The van der Waals surface area contributed by atoms with Gasteiger partial charge in [-0.2, -0.15) is 0 Å². The molecule has 0 atom stereocenters. The third-order valence-electron chi connectivity index (χ3n) is 7.92. The van der Waals surface area contributed by atoms with Gasteiger partial charge in [0.1, 0.15) is 11.2 Å². The molecule has 2 aromatic heterocycles. The molecule has 166 valence electrons. The molecule has 2 heteroatoms. The number of hydrogen-bond acceptors (Lipinski definition) is 1. The molecule has 1 aliphatic rings. The SMILES string of the molecule is c1cc2c3c(cccc3c1)-c1c-2ccc2c1c1ccccc1n2-c1ccc2oc3ccccc3c2c1. The van der Waals surface area contributed by atoms with Crippen LogP contribution in [0.15, 0.2) is 120 Å². The van der Waals surface area contributed by atoms with Crippen LogP contribution in [0.1, 0.15) is 0 Å². The zero-order valence-corrected chi connectivity index (χ0v) is 19.3. The summed E-state index contributed by atoms with van der Waals surface area (Å²) in [6, 6.07) is 41.6. The Balaban J connectivity index is 1.43. The molecule has 0 aliphatic heterocycles. The number of para-hydroxylation sites is 2. The molecule has 2 heterocycles. The van der Waals surface area contributed by atoms with Gasteiger partial charge < -0.3 is 8.98 Å². The average molecular weight is 458 g/mol. The van der Waals surface area contributed by atoms with E-state index >= 15 is 0 Å². The molecule has 0 saturated heterocycles. The van der Waals surface area contributed by atoms with Crippen LogP contribution in [0.3, 0.4) is 0 Å². The summed E-state index contributed by atoms with van der Waals surface area (Å²) in [5.74, 6) is 0. The van der Waals surface area contributed by atoms with Crippen LogP contribution in [-0.4, -0.2) is 4.57 Å². The van der Waals surface area contributed by atoms with Crippen LogP contribution in [0, 0.1) is 0 Å². The number of fused-ring (bicyclic) bond motifs is 10. The van der Waals surface area contributed by atoms with Gasteiger partial charge in [0.05, 0.1) is 11.0 Å². The first-order chi connectivity index (χ1) is 17.9. The van der Waals surface area contributed by atoms with E-state index in [2.05, 4.69) is 108 Å². The van der Waals surface area contributed by atoms with Gasteiger partial charge in [0.25, 0.3) is 0 Å². The molecular weight excluding hydrogens is 438 g/mol. The number of aromatic nitrogens is 1. The number of benzene rings is 6. The van der Waals surface area contributed by atoms with E-state index in [1.165, 1.54) is 54.8 Å². The molecule has 2 nitrogen and oxygen atoms in total. The Kier molecular flexibility index (Phi) is 3.31. The van der Waals surface area contributed by atoms with Crippen molar-refractivity contribution >= 4 is 54.5 Å². The van der Waals surface area contributed by atoms with Gasteiger partial charge in [-0.25, -0.2) is 0 Å². The number of furan rings is 1. The normalized spacial score (nSPS) is 12.4. The first-order valence-corrected chi connectivity index (χ1v) is 12.4. The van der Waals surface area contributed by atoms with Crippen molar-refractivity contribution < 1.29 is 4.42 Å². The van der Waals surface area contributed by atoms with Crippen LogP contribution in [0.5, 0.6) is 0 Å². The van der Waals surface area contributed by atoms with Crippen molar-refractivity contribution in [3.8, 4) is 27.9 Å². The lowest BCUT2D eigenvalue weighted by Gasteiger charge is -2.09. The second-order valence-electron chi connectivity index (χ2n) is 9.72. The minimum atomic E-state index is 0.920. The lowest BCUT2D eigenvalue weighted by Crippen LogP contribution is -1.93. The minimum absolute atomic E-state index is 0.920. The predicted molar refractivity (Wildman–Crippen MR) is 150 cm³/mol. The molecule has 8 aromatic rings. The van der Waals surface area contributed by atoms with Gasteiger partial charge in [0.2, 0.25) is 0 Å². The Morgan fingerprint density at radius 2 is 1.25 bits per heavy atom. The predicted octanol–water partition coefficient (Wildman–Crippen LogP) is 9.48. The maximum atomic E-state index is 6.12. The van der Waals surface area contributed by atoms with E-state index in [1.54, 1.807) is 0 Å². The third kappa shape index (κ3) is 2.18. The summed E-state index contributed by atoms with van der Waals surface area (Å²) in [5, 5.41) is 7.57. The molecule has 0 radical (unpaired) electrons. The maximum Gasteiger partial charge on any atom is 0.135 e. The van der Waals surface area contributed by atoms with Crippen LogP contribution in [0.2, 0.25) is 0 Å². The Morgan fingerprint density at radius 1 is 0.472 bits per heavy atom. The molecule has 0 unspecified atom stereocenters. The fourth-order valence-electron chi connectivity index (χ4n) is 6.47. The highest BCUT2D eigenvalue weighted by molar-refractivity contribution is 6.26. The molecule has 0 amide bonds. The molecule has 0 spiro atoms. The summed E-state index contributed by atoms with van der Waals surface area (Å²) in [4.78, 5) is 0. The van der Waals surface area contributed by atoms with Crippen molar-refractivity contribution in [2.75, 3.05) is 0 Å². The van der Waals surface area contributed by atoms with Crippen LogP contribution < -0.4 is 0 Å². The van der Waals surface area contributed by atoms with Crippen molar-refractivity contribution in [3.63, 3.8) is 0 Å². The van der Waals surface area contributed by atoms with Gasteiger partial charge in [0.15, 0.2) is 0 Å². The molecular formula is C34H19NO. The van der Waals surface area contributed by atoms with Crippen molar-refractivity contribution in [1.82, 2.24) is 4.57 Å². The van der Waals surface area contributed by atoms with E-state index in [1.807, 2.05) is 12.1 Å². The zero-order valence-electron chi connectivity index (χ0n) is 19.3. The summed E-state index contributed by atoms with van der Waals surface area (Å²) in [5.41, 5.74) is 10.8. The topological polar surface area (TPSA) is 18.1 Å². The average Bonchev–Trinajstić information content (AvgIpc) is 3.57. The second kappa shape index (κ2) is 6.44. The first-order valence-electron chi connectivity index (χ1n) is 12.4. The van der Waals surface area contributed by atoms with Gasteiger partial charge >= 0.3 is 0 Å². The summed E-state index contributed by atoms with van der Waals surface area (Å²) >= 11 is 0. The Morgan fingerprint density at radius 3 is 2.17 bits per heavy atom. The first kappa shape index (κ1) is 18.5. The fourth-order valence-corrected chi connectivity index (χ4v) is 6.47. The van der Waals surface area contributed by atoms with E-state index in [-0.39, 0.29) is 0 Å². The molecule has 1 aliphatic carbocycles. The molecule has 0 bridgehead atoms. The smallest absolute Gasteiger partial charge is 0.135 e. The van der Waals surface area contributed by atoms with Gasteiger partial charge in [-0.15, -0.1) is 0 Å². The van der Waals surface area contributed by atoms with Crippen LogP contribution in [0.4, 0.5) is 0 Å². The van der Waals surface area contributed by atoms with E-state index in [0.717, 1.165) is 27.6 Å². The van der Waals surface area contributed by atoms with Crippen LogP contribution >= 0.6 is 0 Å². The minimum Gasteiger partial charge on any atom is -0.456 e. The van der Waals surface area contributed by atoms with Gasteiger partial charge in [0, 0.05) is 32.8 Å². The van der Waals surface area contributed by atoms with Gasteiger partial charge in [-0.1, -0.05) is 78.9 Å². The lowest BCUT2D eigenvalue weighted by atomic mass is 9.98. The zero-order chi connectivity index (χ0) is 23.4. The monoisotopic (exact) mass is 457 g/mol. The summed E-state index contributed by atoms with van der Waals surface area (Å²) in [6.45, 7) is 0. The fraction of sp³-hybridized carbons (Fsp3) is 0. The van der Waals surface area contributed by atoms with Crippen molar-refractivity contribution in [1.29, 1.82) is 0 Å². The summed E-state index contributed by atoms with van der Waals surface area (Å²) in [7, 11) is 0. The van der Waals surface area contributed by atoms with E-state index in [4.69, 9.17) is 4.42 Å². The lowest BCUT2D eigenvalue weighted by molar-refractivity contribution is 0.669. The molecule has 6 aromatic carbocycles. The molecule has 0 fully saturated rings. The summed E-state index contributed by atoms with van der Waals surface area (Å²) < 4.78 is 8.53. The standard InChI is InChI=1S/C34H19NO/c1-3-13-28-25(10-1)34-29(17-16-24-23-11-5-7-20-8-6-12-26(32(20)23)33(24)34)35(28)21-15-18-31-27(19-21)22-9-2-4-14-30(22)36-31/h1-19H. The number of rotatable bonds is 1. The van der Waals surface area contributed by atoms with E-state index < -0.39 is 0 Å². The highest BCUT2D eigenvalue weighted by atomic mass is 16.3. The van der Waals surface area contributed by atoms with Crippen molar-refractivity contribution in [3.05, 3.63) is 115 Å². The molecule has 36 heavy (non-hydrogen) atoms. The van der Waals surface area contributed by atoms with Crippen molar-refractivity contribution in [2.45, 2.75) is 0 Å². The highest BCUT2D eigenvalue weighted by Gasteiger charge is 2.26. The van der Waals surface area contributed by atoms with Gasteiger partial charge in [-0.05, 0) is 63.9 Å². The maximum absolute atomic E-state index is 6.12. The van der Waals surface area contributed by atoms with Crippen LogP contribution in [-0.2, 0) is 0 Å². The quantitative estimate of drug-likeness (QED) is 0.240. The molecule has 9 rings (SSSR count).